The first-order chi connectivity index (χ1) is 8.69. The number of nitrogen functional groups attached to an aromatic ring is 1. The van der Waals surface area contributed by atoms with Crippen molar-refractivity contribution in [2.75, 3.05) is 12.8 Å². The second kappa shape index (κ2) is 5.60. The number of nitrogens with zero attached hydrogens (tertiary/aromatic N) is 1. The van der Waals surface area contributed by atoms with Gasteiger partial charge in [-0.25, -0.2) is 0 Å². The predicted molar refractivity (Wildman–Crippen MR) is 71.0 cm³/mol. The highest BCUT2D eigenvalue weighted by molar-refractivity contribution is 6.30. The predicted octanol–water partition coefficient (Wildman–Crippen LogP) is 2.90. The Morgan fingerprint density at radius 3 is 2.83 bits per heavy atom. The first-order valence-corrected chi connectivity index (χ1v) is 5.74. The lowest BCUT2D eigenvalue weighted by atomic mass is 10.2. The number of hydrogen-bond acceptors (Lipinski definition) is 4. The summed E-state index contributed by atoms with van der Waals surface area (Å²) in [5.41, 5.74) is 7.12. The van der Waals surface area contributed by atoms with E-state index in [0.717, 1.165) is 5.56 Å². The van der Waals surface area contributed by atoms with Gasteiger partial charge in [0.2, 0.25) is 11.8 Å². The van der Waals surface area contributed by atoms with E-state index in [0.29, 0.717) is 29.1 Å². The van der Waals surface area contributed by atoms with Crippen molar-refractivity contribution in [3.05, 3.63) is 47.0 Å². The van der Waals surface area contributed by atoms with Crippen LogP contribution < -0.4 is 15.2 Å². The summed E-state index contributed by atoms with van der Waals surface area (Å²) in [5, 5.41) is 0.680. The Kier molecular flexibility index (Phi) is 3.89. The molecule has 0 radical (unpaired) electrons. The summed E-state index contributed by atoms with van der Waals surface area (Å²) in [6, 6.07) is 10.9. The Balaban J connectivity index is 2.06. The molecule has 0 fully saturated rings. The van der Waals surface area contributed by atoms with Crippen LogP contribution >= 0.6 is 11.6 Å². The maximum Gasteiger partial charge on any atom is 0.240 e. The second-order valence-electron chi connectivity index (χ2n) is 3.67. The molecule has 0 saturated carbocycles. The molecule has 1 aromatic heterocycles. The number of anilines is 1. The van der Waals surface area contributed by atoms with Gasteiger partial charge in [0.05, 0.1) is 12.8 Å². The van der Waals surface area contributed by atoms with E-state index in [1.807, 2.05) is 24.3 Å². The molecule has 94 valence electrons. The average Bonchev–Trinajstić information content (AvgIpc) is 2.38. The Labute approximate surface area is 110 Å². The number of pyridine rings is 1. The van der Waals surface area contributed by atoms with Crippen LogP contribution in [0.1, 0.15) is 5.56 Å². The summed E-state index contributed by atoms with van der Waals surface area (Å²) >= 11 is 5.89. The zero-order valence-electron chi connectivity index (χ0n) is 9.89. The van der Waals surface area contributed by atoms with Crippen molar-refractivity contribution in [3.8, 4) is 11.8 Å². The topological polar surface area (TPSA) is 57.4 Å². The van der Waals surface area contributed by atoms with Gasteiger partial charge >= 0.3 is 0 Å². The summed E-state index contributed by atoms with van der Waals surface area (Å²) in [6.07, 6.45) is 0. The van der Waals surface area contributed by atoms with E-state index in [-0.39, 0.29) is 0 Å². The number of halogens is 1. The van der Waals surface area contributed by atoms with Crippen LogP contribution in [0.2, 0.25) is 5.02 Å². The molecule has 0 saturated heterocycles. The molecule has 0 aliphatic heterocycles. The zero-order chi connectivity index (χ0) is 13.0. The summed E-state index contributed by atoms with van der Waals surface area (Å²) in [6.45, 7) is 0.390. The van der Waals surface area contributed by atoms with Crippen LogP contribution in [0.4, 0.5) is 5.69 Å². The van der Waals surface area contributed by atoms with E-state index >= 15 is 0 Å². The molecule has 0 bridgehead atoms. The maximum atomic E-state index is 5.89. The Morgan fingerprint density at radius 2 is 2.11 bits per heavy atom. The highest BCUT2D eigenvalue weighted by Gasteiger charge is 2.04. The summed E-state index contributed by atoms with van der Waals surface area (Å²) in [4.78, 5) is 4.13. The zero-order valence-corrected chi connectivity index (χ0v) is 10.6. The Morgan fingerprint density at radius 1 is 1.28 bits per heavy atom. The van der Waals surface area contributed by atoms with Crippen molar-refractivity contribution in [1.82, 2.24) is 4.98 Å². The van der Waals surface area contributed by atoms with E-state index in [1.54, 1.807) is 12.1 Å². The van der Waals surface area contributed by atoms with Crippen molar-refractivity contribution in [2.45, 2.75) is 6.61 Å². The van der Waals surface area contributed by atoms with Crippen molar-refractivity contribution < 1.29 is 9.47 Å². The molecular weight excluding hydrogens is 252 g/mol. The number of aromatic nitrogens is 1. The Bertz CT molecular complexity index is 546. The maximum absolute atomic E-state index is 5.89. The number of methoxy groups -OCH3 is 1. The molecular formula is C13H13ClN2O2. The fourth-order valence-corrected chi connectivity index (χ4v) is 1.68. The molecule has 4 nitrogen and oxygen atoms in total. The van der Waals surface area contributed by atoms with Crippen LogP contribution in [0.5, 0.6) is 11.8 Å². The minimum absolute atomic E-state index is 0.360. The van der Waals surface area contributed by atoms with E-state index in [2.05, 4.69) is 4.98 Å². The number of ether oxygens (including phenoxy) is 2. The van der Waals surface area contributed by atoms with Gasteiger partial charge in [0.25, 0.3) is 0 Å². The quantitative estimate of drug-likeness (QED) is 0.922. The minimum atomic E-state index is 0.360. The van der Waals surface area contributed by atoms with Gasteiger partial charge in [-0.2, -0.15) is 4.98 Å². The molecule has 2 N–H and O–H groups in total. The van der Waals surface area contributed by atoms with Gasteiger partial charge in [-0.15, -0.1) is 0 Å². The van der Waals surface area contributed by atoms with Crippen LogP contribution in [-0.4, -0.2) is 12.1 Å². The standard InChI is InChI=1S/C13H13ClN2O2/c1-17-13-11(15)5-6-12(16-13)18-8-9-3-2-4-10(14)7-9/h2-7H,8,15H2,1H3. The van der Waals surface area contributed by atoms with Crippen LogP contribution in [0.3, 0.4) is 0 Å². The van der Waals surface area contributed by atoms with Crippen LogP contribution in [0, 0.1) is 0 Å². The third kappa shape index (κ3) is 3.05. The SMILES string of the molecule is COc1nc(OCc2cccc(Cl)c2)ccc1N. The minimum Gasteiger partial charge on any atom is -0.479 e. The van der Waals surface area contributed by atoms with Gasteiger partial charge in [0.15, 0.2) is 0 Å². The lowest BCUT2D eigenvalue weighted by Crippen LogP contribution is -2.00. The van der Waals surface area contributed by atoms with Gasteiger partial charge in [0.1, 0.15) is 6.61 Å². The summed E-state index contributed by atoms with van der Waals surface area (Å²) < 4.78 is 10.6. The van der Waals surface area contributed by atoms with Gasteiger partial charge in [0, 0.05) is 11.1 Å². The average molecular weight is 265 g/mol. The molecule has 1 aromatic carbocycles. The lowest BCUT2D eigenvalue weighted by molar-refractivity contribution is 0.287. The molecule has 2 rings (SSSR count). The summed E-state index contributed by atoms with van der Waals surface area (Å²) in [7, 11) is 1.51. The molecule has 0 aliphatic rings. The first kappa shape index (κ1) is 12.5. The molecule has 0 spiro atoms. The van der Waals surface area contributed by atoms with Crippen LogP contribution in [0.15, 0.2) is 36.4 Å². The monoisotopic (exact) mass is 264 g/mol. The van der Waals surface area contributed by atoms with E-state index < -0.39 is 0 Å². The number of hydrogen-bond donors (Lipinski definition) is 1. The largest absolute Gasteiger partial charge is 0.479 e. The fraction of sp³-hybridized carbons (Fsp3) is 0.154. The fourth-order valence-electron chi connectivity index (χ4n) is 1.46. The molecule has 2 aromatic rings. The molecule has 0 aliphatic carbocycles. The van der Waals surface area contributed by atoms with Crippen LogP contribution in [-0.2, 0) is 6.61 Å². The highest BCUT2D eigenvalue weighted by atomic mass is 35.5. The molecule has 0 amide bonds. The first-order valence-electron chi connectivity index (χ1n) is 5.37. The van der Waals surface area contributed by atoms with E-state index in [9.17, 15) is 0 Å². The van der Waals surface area contributed by atoms with Gasteiger partial charge < -0.3 is 15.2 Å². The normalized spacial score (nSPS) is 10.1. The van der Waals surface area contributed by atoms with Crippen molar-refractivity contribution in [3.63, 3.8) is 0 Å². The molecule has 18 heavy (non-hydrogen) atoms. The number of rotatable bonds is 4. The van der Waals surface area contributed by atoms with Crippen molar-refractivity contribution >= 4 is 17.3 Å². The van der Waals surface area contributed by atoms with E-state index in [4.69, 9.17) is 26.8 Å². The lowest BCUT2D eigenvalue weighted by Gasteiger charge is -2.08. The summed E-state index contributed by atoms with van der Waals surface area (Å²) in [5.74, 6) is 0.819. The third-order valence-electron chi connectivity index (χ3n) is 2.33. The van der Waals surface area contributed by atoms with Gasteiger partial charge in [-0.05, 0) is 23.8 Å². The Hall–Kier alpha value is -1.94. The number of benzene rings is 1. The van der Waals surface area contributed by atoms with Crippen molar-refractivity contribution in [2.24, 2.45) is 0 Å². The van der Waals surface area contributed by atoms with Crippen LogP contribution in [0.25, 0.3) is 0 Å². The van der Waals surface area contributed by atoms with E-state index in [1.165, 1.54) is 7.11 Å². The number of nitrogens with two attached hydrogens (primary N) is 1. The second-order valence-corrected chi connectivity index (χ2v) is 4.10. The highest BCUT2D eigenvalue weighted by Crippen LogP contribution is 2.22. The molecule has 0 unspecified atom stereocenters. The van der Waals surface area contributed by atoms with Crippen molar-refractivity contribution in [1.29, 1.82) is 0 Å². The molecule has 1 heterocycles. The molecule has 5 heteroatoms. The smallest absolute Gasteiger partial charge is 0.240 e. The van der Waals surface area contributed by atoms with Gasteiger partial charge in [-0.3, -0.25) is 0 Å². The third-order valence-corrected chi connectivity index (χ3v) is 2.57. The van der Waals surface area contributed by atoms with Gasteiger partial charge in [-0.1, -0.05) is 23.7 Å². The molecule has 0 atom stereocenters.